The van der Waals surface area contributed by atoms with Crippen LogP contribution in [0.2, 0.25) is 0 Å². The van der Waals surface area contributed by atoms with Gasteiger partial charge in [-0.05, 0) is 12.2 Å². The number of anilines is 1. The number of rotatable bonds is 1. The van der Waals surface area contributed by atoms with Gasteiger partial charge in [0.05, 0.1) is 0 Å². The van der Waals surface area contributed by atoms with Gasteiger partial charge in [-0.3, -0.25) is 0 Å². The zero-order valence-corrected chi connectivity index (χ0v) is 7.53. The van der Waals surface area contributed by atoms with Crippen LogP contribution in [0.5, 0.6) is 0 Å². The summed E-state index contributed by atoms with van der Waals surface area (Å²) < 4.78 is 4.98. The highest BCUT2D eigenvalue weighted by Crippen LogP contribution is 2.14. The van der Waals surface area contributed by atoms with Crippen LogP contribution in [0.4, 0.5) is 5.95 Å². The Hall–Kier alpha value is -1.14. The van der Waals surface area contributed by atoms with Crippen molar-refractivity contribution in [1.82, 2.24) is 20.4 Å². The molecule has 13 heavy (non-hydrogen) atoms. The van der Waals surface area contributed by atoms with Gasteiger partial charge < -0.3 is 20.5 Å². The lowest BCUT2D eigenvalue weighted by Gasteiger charge is -2.28. The largest absolute Gasteiger partial charge is 0.365 e. The molecular weight excluding hydrogens is 170 g/mol. The van der Waals surface area contributed by atoms with Crippen LogP contribution in [-0.4, -0.2) is 41.7 Å². The number of likely N-dealkylation sites (N-methyl/N-ethyl adjacent to an activating group) is 1. The minimum absolute atomic E-state index is 0.114. The molecular formula is C7H13N5O. The summed E-state index contributed by atoms with van der Waals surface area (Å²) in [5.41, 5.74) is 5.36. The lowest BCUT2D eigenvalue weighted by molar-refractivity contribution is 0.208. The van der Waals surface area contributed by atoms with Crippen LogP contribution in [-0.2, 0) is 0 Å². The van der Waals surface area contributed by atoms with Gasteiger partial charge in [0.1, 0.15) is 6.04 Å². The van der Waals surface area contributed by atoms with Gasteiger partial charge in [-0.1, -0.05) is 0 Å². The first-order valence-electron chi connectivity index (χ1n) is 4.27. The monoisotopic (exact) mass is 183 g/mol. The van der Waals surface area contributed by atoms with Crippen molar-refractivity contribution in [1.29, 1.82) is 0 Å². The first kappa shape index (κ1) is 8.46. The molecule has 1 fully saturated rings. The second kappa shape index (κ2) is 3.31. The predicted octanol–water partition coefficient (Wildman–Crippen LogP) is -0.772. The molecule has 0 radical (unpaired) electrons. The molecule has 2 heterocycles. The maximum absolute atomic E-state index is 5.36. The second-order valence-corrected chi connectivity index (χ2v) is 3.26. The molecule has 0 aliphatic carbocycles. The van der Waals surface area contributed by atoms with Gasteiger partial charge in [0.25, 0.3) is 5.95 Å². The summed E-state index contributed by atoms with van der Waals surface area (Å²) in [6.45, 7) is 2.85. The van der Waals surface area contributed by atoms with E-state index in [1.165, 1.54) is 0 Å². The summed E-state index contributed by atoms with van der Waals surface area (Å²) in [5.74, 6) is 0.772. The Morgan fingerprint density at radius 3 is 3.15 bits per heavy atom. The minimum atomic E-state index is 0.114. The van der Waals surface area contributed by atoms with Crippen LogP contribution in [0.25, 0.3) is 0 Å². The van der Waals surface area contributed by atoms with E-state index < -0.39 is 0 Å². The molecule has 72 valence electrons. The van der Waals surface area contributed by atoms with Crippen molar-refractivity contribution < 1.29 is 4.52 Å². The van der Waals surface area contributed by atoms with Gasteiger partial charge in [0, 0.05) is 19.6 Å². The summed E-state index contributed by atoms with van der Waals surface area (Å²) in [7, 11) is 2.06. The lowest BCUT2D eigenvalue weighted by atomic mass is 10.2. The third-order valence-electron chi connectivity index (χ3n) is 2.13. The topological polar surface area (TPSA) is 80.2 Å². The maximum atomic E-state index is 5.36. The molecule has 0 bridgehead atoms. The molecule has 1 aromatic rings. The average Bonchev–Trinajstić information content (AvgIpc) is 2.52. The average molecular weight is 183 g/mol. The van der Waals surface area contributed by atoms with Gasteiger partial charge in [0.2, 0.25) is 5.89 Å². The molecule has 6 heteroatoms. The van der Waals surface area contributed by atoms with E-state index >= 15 is 0 Å². The minimum Gasteiger partial charge on any atom is -0.365 e. The zero-order valence-electron chi connectivity index (χ0n) is 7.53. The van der Waals surface area contributed by atoms with Crippen molar-refractivity contribution in [2.75, 3.05) is 32.4 Å². The molecule has 1 aliphatic heterocycles. The van der Waals surface area contributed by atoms with Crippen molar-refractivity contribution in [2.45, 2.75) is 6.04 Å². The number of hydrogen-bond acceptors (Lipinski definition) is 6. The van der Waals surface area contributed by atoms with Crippen LogP contribution < -0.4 is 11.1 Å². The van der Waals surface area contributed by atoms with E-state index in [1.54, 1.807) is 0 Å². The zero-order chi connectivity index (χ0) is 9.26. The van der Waals surface area contributed by atoms with Crippen molar-refractivity contribution >= 4 is 5.95 Å². The molecule has 3 N–H and O–H groups in total. The highest BCUT2D eigenvalue weighted by molar-refractivity contribution is 5.12. The van der Waals surface area contributed by atoms with Gasteiger partial charge in [-0.2, -0.15) is 4.98 Å². The van der Waals surface area contributed by atoms with Crippen LogP contribution >= 0.6 is 0 Å². The Morgan fingerprint density at radius 2 is 2.54 bits per heavy atom. The summed E-state index contributed by atoms with van der Waals surface area (Å²) in [6, 6.07) is 0.114. The van der Waals surface area contributed by atoms with Crippen LogP contribution in [0.15, 0.2) is 4.52 Å². The van der Waals surface area contributed by atoms with Gasteiger partial charge in [0.15, 0.2) is 0 Å². The number of nitrogens with zero attached hydrogens (tertiary/aromatic N) is 3. The first-order valence-corrected chi connectivity index (χ1v) is 4.27. The van der Waals surface area contributed by atoms with Gasteiger partial charge in [-0.15, -0.1) is 0 Å². The molecule has 0 aromatic carbocycles. The molecule has 0 spiro atoms. The number of nitrogens with two attached hydrogens (primary N) is 1. The Morgan fingerprint density at radius 1 is 1.69 bits per heavy atom. The highest BCUT2D eigenvalue weighted by atomic mass is 16.5. The summed E-state index contributed by atoms with van der Waals surface area (Å²) >= 11 is 0. The van der Waals surface area contributed by atoms with Crippen molar-refractivity contribution in [2.24, 2.45) is 0 Å². The summed E-state index contributed by atoms with van der Waals surface area (Å²) in [5, 5.41) is 6.84. The van der Waals surface area contributed by atoms with Crippen LogP contribution in [0, 0.1) is 0 Å². The van der Waals surface area contributed by atoms with Crippen molar-refractivity contribution in [3.8, 4) is 0 Å². The Labute approximate surface area is 76.1 Å². The predicted molar refractivity (Wildman–Crippen MR) is 47.0 cm³/mol. The fourth-order valence-corrected chi connectivity index (χ4v) is 1.45. The van der Waals surface area contributed by atoms with Crippen molar-refractivity contribution in [3.05, 3.63) is 5.89 Å². The number of hydrogen-bond donors (Lipinski definition) is 2. The SMILES string of the molecule is CN1CCN[C@H](c2nc(N)no2)C1. The third kappa shape index (κ3) is 1.78. The number of piperazine rings is 1. The van der Waals surface area contributed by atoms with E-state index in [1.807, 2.05) is 0 Å². The lowest BCUT2D eigenvalue weighted by Crippen LogP contribution is -2.43. The molecule has 0 unspecified atom stereocenters. The fourth-order valence-electron chi connectivity index (χ4n) is 1.45. The quantitative estimate of drug-likeness (QED) is 0.595. The van der Waals surface area contributed by atoms with E-state index in [2.05, 4.69) is 27.4 Å². The molecule has 0 amide bonds. The number of nitrogens with one attached hydrogen (secondary N) is 1. The van der Waals surface area contributed by atoms with E-state index in [4.69, 9.17) is 10.3 Å². The van der Waals surface area contributed by atoms with Crippen molar-refractivity contribution in [3.63, 3.8) is 0 Å². The Bertz CT molecular complexity index is 286. The van der Waals surface area contributed by atoms with Crippen LogP contribution in [0.1, 0.15) is 11.9 Å². The van der Waals surface area contributed by atoms with E-state index in [0.717, 1.165) is 19.6 Å². The molecule has 1 aliphatic rings. The Kier molecular flexibility index (Phi) is 2.15. The second-order valence-electron chi connectivity index (χ2n) is 3.26. The van der Waals surface area contributed by atoms with Gasteiger partial charge in [-0.25, -0.2) is 0 Å². The van der Waals surface area contributed by atoms with E-state index in [-0.39, 0.29) is 12.0 Å². The van der Waals surface area contributed by atoms with E-state index in [0.29, 0.717) is 5.89 Å². The summed E-state index contributed by atoms with van der Waals surface area (Å²) in [6.07, 6.45) is 0. The highest BCUT2D eigenvalue weighted by Gasteiger charge is 2.22. The Balaban J connectivity index is 2.08. The maximum Gasteiger partial charge on any atom is 0.260 e. The van der Waals surface area contributed by atoms with E-state index in [9.17, 15) is 0 Å². The molecule has 2 rings (SSSR count). The van der Waals surface area contributed by atoms with Crippen LogP contribution in [0.3, 0.4) is 0 Å². The fraction of sp³-hybridized carbons (Fsp3) is 0.714. The third-order valence-corrected chi connectivity index (χ3v) is 2.13. The number of nitrogen functional groups attached to an aromatic ring is 1. The number of aromatic nitrogens is 2. The smallest absolute Gasteiger partial charge is 0.260 e. The molecule has 1 aromatic heterocycles. The molecule has 1 atom stereocenters. The standard InChI is InChI=1S/C7H13N5O/c1-12-3-2-9-5(4-12)6-10-7(8)11-13-6/h5,9H,2-4H2,1H3,(H2,8,11)/t5-/m0/s1. The first-order chi connectivity index (χ1) is 6.25. The molecule has 1 saturated heterocycles. The van der Waals surface area contributed by atoms with Gasteiger partial charge >= 0.3 is 0 Å². The molecule has 0 saturated carbocycles. The normalized spacial score (nSPS) is 24.8. The molecule has 6 nitrogen and oxygen atoms in total. The summed E-state index contributed by atoms with van der Waals surface area (Å²) in [4.78, 5) is 6.19.